The Hall–Kier alpha value is -2.54. The standard InChI is InChI=1S/C24H33N3O3S/c1-4-23(27(31(3,29)30)22-10-8-9-19(2)17-22)24(28)25-18-20-11-13-21(14-12-20)26-15-6-5-7-16-26/h8-14,17,23H,4-7,15-16,18H2,1-3H3,(H,25,28)/t23-/m1/s1. The summed E-state index contributed by atoms with van der Waals surface area (Å²) in [5, 5.41) is 2.93. The molecular formula is C24H33N3O3S. The predicted octanol–water partition coefficient (Wildman–Crippen LogP) is 3.85. The number of hydrogen-bond acceptors (Lipinski definition) is 4. The van der Waals surface area contributed by atoms with Crippen molar-refractivity contribution in [2.45, 2.75) is 52.1 Å². The molecular weight excluding hydrogens is 410 g/mol. The van der Waals surface area contributed by atoms with Crippen LogP contribution < -0.4 is 14.5 Å². The number of anilines is 2. The van der Waals surface area contributed by atoms with E-state index in [0.29, 0.717) is 18.7 Å². The number of amides is 1. The molecule has 0 unspecified atom stereocenters. The summed E-state index contributed by atoms with van der Waals surface area (Å²) in [4.78, 5) is 15.4. The van der Waals surface area contributed by atoms with E-state index in [1.54, 1.807) is 18.2 Å². The minimum Gasteiger partial charge on any atom is -0.372 e. The molecule has 2 aromatic rings. The normalized spacial score (nSPS) is 15.4. The minimum atomic E-state index is -3.63. The van der Waals surface area contributed by atoms with Gasteiger partial charge in [-0.15, -0.1) is 0 Å². The third-order valence-electron chi connectivity index (χ3n) is 5.71. The third-order valence-corrected chi connectivity index (χ3v) is 6.89. The average Bonchev–Trinajstić information content (AvgIpc) is 2.75. The molecule has 0 aromatic heterocycles. The number of carbonyl (C=O) groups is 1. The van der Waals surface area contributed by atoms with Crippen LogP contribution >= 0.6 is 0 Å². The summed E-state index contributed by atoms with van der Waals surface area (Å²) in [6.07, 6.45) is 5.28. The van der Waals surface area contributed by atoms with Gasteiger partial charge in [0.1, 0.15) is 6.04 Å². The fourth-order valence-corrected chi connectivity index (χ4v) is 5.31. The van der Waals surface area contributed by atoms with Gasteiger partial charge in [-0.3, -0.25) is 9.10 Å². The average molecular weight is 444 g/mol. The van der Waals surface area contributed by atoms with Gasteiger partial charge in [0.25, 0.3) is 0 Å². The van der Waals surface area contributed by atoms with E-state index >= 15 is 0 Å². The highest BCUT2D eigenvalue weighted by Crippen LogP contribution is 2.24. The maximum atomic E-state index is 13.0. The molecule has 1 amide bonds. The van der Waals surface area contributed by atoms with Crippen LogP contribution in [-0.4, -0.2) is 39.7 Å². The van der Waals surface area contributed by atoms with E-state index in [1.165, 1.54) is 29.3 Å². The lowest BCUT2D eigenvalue weighted by Gasteiger charge is -2.30. The van der Waals surface area contributed by atoms with Gasteiger partial charge in [-0.05, 0) is 68.0 Å². The SMILES string of the molecule is CC[C@H](C(=O)NCc1ccc(N2CCCCC2)cc1)N(c1cccc(C)c1)S(C)(=O)=O. The van der Waals surface area contributed by atoms with Gasteiger partial charge in [0.15, 0.2) is 0 Å². The molecule has 2 aromatic carbocycles. The second kappa shape index (κ2) is 10.2. The number of nitrogens with one attached hydrogen (secondary N) is 1. The molecule has 1 aliphatic heterocycles. The summed E-state index contributed by atoms with van der Waals surface area (Å²) in [6.45, 7) is 6.27. The van der Waals surface area contributed by atoms with Crippen molar-refractivity contribution < 1.29 is 13.2 Å². The first-order chi connectivity index (χ1) is 14.8. The Bertz CT molecular complexity index is 983. The lowest BCUT2D eigenvalue weighted by molar-refractivity contribution is -0.122. The van der Waals surface area contributed by atoms with Gasteiger partial charge in [0, 0.05) is 25.3 Å². The Morgan fingerprint density at radius 3 is 2.35 bits per heavy atom. The summed E-state index contributed by atoms with van der Waals surface area (Å²) in [6, 6.07) is 14.7. The first-order valence-corrected chi connectivity index (χ1v) is 12.8. The number of aryl methyl sites for hydroxylation is 1. The zero-order valence-corrected chi connectivity index (χ0v) is 19.5. The Kier molecular flexibility index (Phi) is 7.59. The van der Waals surface area contributed by atoms with Crippen LogP contribution in [0.5, 0.6) is 0 Å². The highest BCUT2D eigenvalue weighted by molar-refractivity contribution is 7.92. The van der Waals surface area contributed by atoms with Crippen molar-refractivity contribution in [3.63, 3.8) is 0 Å². The van der Waals surface area contributed by atoms with E-state index in [-0.39, 0.29) is 5.91 Å². The summed E-state index contributed by atoms with van der Waals surface area (Å²) in [5.74, 6) is -0.297. The van der Waals surface area contributed by atoms with Crippen molar-refractivity contribution in [1.29, 1.82) is 0 Å². The molecule has 1 aliphatic rings. The molecule has 1 fully saturated rings. The lowest BCUT2D eigenvalue weighted by atomic mass is 10.1. The second-order valence-corrected chi connectivity index (χ2v) is 10.1. The quantitative estimate of drug-likeness (QED) is 0.673. The smallest absolute Gasteiger partial charge is 0.244 e. The molecule has 6 nitrogen and oxygen atoms in total. The first-order valence-electron chi connectivity index (χ1n) is 11.0. The second-order valence-electron chi connectivity index (χ2n) is 8.25. The van der Waals surface area contributed by atoms with Gasteiger partial charge in [-0.2, -0.15) is 0 Å². The molecule has 0 saturated carbocycles. The van der Waals surface area contributed by atoms with Crippen molar-refractivity contribution in [2.24, 2.45) is 0 Å². The minimum absolute atomic E-state index is 0.297. The fourth-order valence-electron chi connectivity index (χ4n) is 4.11. The highest BCUT2D eigenvalue weighted by Gasteiger charge is 2.31. The summed E-state index contributed by atoms with van der Waals surface area (Å²) < 4.78 is 26.3. The molecule has 0 aliphatic carbocycles. The van der Waals surface area contributed by atoms with Crippen LogP contribution in [0.15, 0.2) is 48.5 Å². The molecule has 0 spiro atoms. The van der Waals surface area contributed by atoms with E-state index < -0.39 is 16.1 Å². The molecule has 0 radical (unpaired) electrons. The van der Waals surface area contributed by atoms with E-state index in [9.17, 15) is 13.2 Å². The van der Waals surface area contributed by atoms with E-state index in [1.807, 2.05) is 32.0 Å². The number of carbonyl (C=O) groups excluding carboxylic acids is 1. The van der Waals surface area contributed by atoms with Crippen LogP contribution in [0, 0.1) is 6.92 Å². The monoisotopic (exact) mass is 443 g/mol. The van der Waals surface area contributed by atoms with Crippen molar-refractivity contribution in [3.05, 3.63) is 59.7 Å². The van der Waals surface area contributed by atoms with Crippen LogP contribution in [0.3, 0.4) is 0 Å². The Balaban J connectivity index is 1.69. The van der Waals surface area contributed by atoms with Crippen LogP contribution in [0.2, 0.25) is 0 Å². The van der Waals surface area contributed by atoms with Crippen molar-refractivity contribution in [1.82, 2.24) is 5.32 Å². The van der Waals surface area contributed by atoms with Gasteiger partial charge in [-0.25, -0.2) is 8.42 Å². The zero-order chi connectivity index (χ0) is 22.4. The van der Waals surface area contributed by atoms with Gasteiger partial charge >= 0.3 is 0 Å². The summed E-state index contributed by atoms with van der Waals surface area (Å²) >= 11 is 0. The number of hydrogen-bond donors (Lipinski definition) is 1. The molecule has 1 heterocycles. The maximum absolute atomic E-state index is 13.0. The maximum Gasteiger partial charge on any atom is 0.244 e. The van der Waals surface area contributed by atoms with Crippen LogP contribution in [0.1, 0.15) is 43.7 Å². The van der Waals surface area contributed by atoms with Gasteiger partial charge in [0.2, 0.25) is 15.9 Å². The van der Waals surface area contributed by atoms with E-state index in [4.69, 9.17) is 0 Å². The van der Waals surface area contributed by atoms with Crippen molar-refractivity contribution in [2.75, 3.05) is 28.6 Å². The predicted molar refractivity (Wildman–Crippen MR) is 127 cm³/mol. The van der Waals surface area contributed by atoms with Crippen LogP contribution in [0.25, 0.3) is 0 Å². The van der Waals surface area contributed by atoms with Crippen molar-refractivity contribution in [3.8, 4) is 0 Å². The number of piperidine rings is 1. The summed E-state index contributed by atoms with van der Waals surface area (Å²) in [5.41, 5.74) is 3.65. The van der Waals surface area contributed by atoms with Gasteiger partial charge < -0.3 is 10.2 Å². The molecule has 1 atom stereocenters. The first kappa shape index (κ1) is 23.1. The molecule has 31 heavy (non-hydrogen) atoms. The Morgan fingerprint density at radius 1 is 1.10 bits per heavy atom. The number of nitrogens with zero attached hydrogens (tertiary/aromatic N) is 2. The molecule has 168 valence electrons. The van der Waals surface area contributed by atoms with Crippen LogP contribution in [0.4, 0.5) is 11.4 Å². The fraction of sp³-hybridized carbons (Fsp3) is 0.458. The van der Waals surface area contributed by atoms with Gasteiger partial charge in [-0.1, -0.05) is 31.2 Å². The number of sulfonamides is 1. The summed E-state index contributed by atoms with van der Waals surface area (Å²) in [7, 11) is -3.63. The van der Waals surface area contributed by atoms with Crippen LogP contribution in [-0.2, 0) is 21.4 Å². The molecule has 1 N–H and O–H groups in total. The van der Waals surface area contributed by atoms with Gasteiger partial charge in [0.05, 0.1) is 11.9 Å². The molecule has 0 bridgehead atoms. The molecule has 1 saturated heterocycles. The highest BCUT2D eigenvalue weighted by atomic mass is 32.2. The topological polar surface area (TPSA) is 69.7 Å². The Morgan fingerprint density at radius 2 is 1.77 bits per heavy atom. The van der Waals surface area contributed by atoms with Crippen molar-refractivity contribution >= 4 is 27.3 Å². The number of rotatable bonds is 8. The van der Waals surface area contributed by atoms with E-state index in [0.717, 1.165) is 30.5 Å². The molecule has 7 heteroatoms. The lowest BCUT2D eigenvalue weighted by Crippen LogP contribution is -2.49. The third kappa shape index (κ3) is 6.00. The zero-order valence-electron chi connectivity index (χ0n) is 18.7. The number of benzene rings is 2. The van der Waals surface area contributed by atoms with E-state index in [2.05, 4.69) is 22.3 Å². The molecule has 3 rings (SSSR count). The largest absolute Gasteiger partial charge is 0.372 e. The Labute approximate surface area is 186 Å².